The number of benzene rings is 7. The summed E-state index contributed by atoms with van der Waals surface area (Å²) < 4.78 is 0. The summed E-state index contributed by atoms with van der Waals surface area (Å²) >= 11 is 0. The number of carbonyl (C=O) groups excluding carboxylic acids is 4. The van der Waals surface area contributed by atoms with Crippen molar-refractivity contribution in [1.29, 1.82) is 0 Å². The second-order valence-corrected chi connectivity index (χ2v) is 11.8. The fraction of sp³-hybridized carbons (Fsp3) is 0.0526. The zero-order chi connectivity index (χ0) is 31.4. The number of amides is 4. The van der Waals surface area contributed by atoms with E-state index in [1.165, 1.54) is 14.1 Å². The highest BCUT2D eigenvalue weighted by atomic mass is 16.2. The summed E-state index contributed by atoms with van der Waals surface area (Å²) in [7, 11) is 3.00. The van der Waals surface area contributed by atoms with E-state index in [0.717, 1.165) is 53.5 Å². The minimum Gasteiger partial charge on any atom is -0.355 e. The van der Waals surface area contributed by atoms with E-state index >= 15 is 0 Å². The summed E-state index contributed by atoms with van der Waals surface area (Å²) in [5, 5.41) is 13.0. The minimum atomic E-state index is -0.379. The second-order valence-electron chi connectivity index (χ2n) is 11.8. The van der Waals surface area contributed by atoms with Crippen LogP contribution in [0.1, 0.15) is 41.4 Å². The fourth-order valence-electron chi connectivity index (χ4n) is 7.26. The van der Waals surface area contributed by atoms with Crippen molar-refractivity contribution >= 4 is 89.5 Å². The lowest BCUT2D eigenvalue weighted by atomic mass is 9.81. The normalized spacial score (nSPS) is 14.4. The minimum absolute atomic E-state index is 0.364. The van der Waals surface area contributed by atoms with Crippen LogP contribution >= 0.6 is 0 Å². The molecule has 0 saturated heterocycles. The molecule has 9 rings (SSSR count). The molecule has 7 aromatic carbocycles. The maximum atomic E-state index is 13.7. The number of rotatable bonds is 4. The van der Waals surface area contributed by atoms with Crippen LogP contribution in [0.4, 0.5) is 22.7 Å². The molecule has 0 radical (unpaired) electrons. The van der Waals surface area contributed by atoms with Crippen LogP contribution in [0.3, 0.4) is 0 Å². The van der Waals surface area contributed by atoms with Crippen LogP contribution in [-0.4, -0.2) is 47.5 Å². The van der Waals surface area contributed by atoms with E-state index in [1.807, 2.05) is 84.9 Å². The van der Waals surface area contributed by atoms with Crippen molar-refractivity contribution < 1.29 is 19.2 Å². The molecule has 0 spiro atoms. The van der Waals surface area contributed by atoms with Gasteiger partial charge in [0.25, 0.3) is 23.6 Å². The van der Waals surface area contributed by atoms with E-state index in [1.54, 1.807) is 12.1 Å². The van der Waals surface area contributed by atoms with Crippen LogP contribution in [0.15, 0.2) is 97.1 Å². The monoisotopic (exact) mass is 600 g/mol. The largest absolute Gasteiger partial charge is 0.355 e. The summed E-state index contributed by atoms with van der Waals surface area (Å²) in [6.45, 7) is 0. The molecular weight excluding hydrogens is 576 g/mol. The average Bonchev–Trinajstić information content (AvgIpc) is 3.08. The summed E-state index contributed by atoms with van der Waals surface area (Å²) in [5.74, 6) is -1.49. The first-order chi connectivity index (χ1) is 22.3. The third-order valence-electron chi connectivity index (χ3n) is 9.35. The second kappa shape index (κ2) is 9.12. The Kier molecular flexibility index (Phi) is 5.18. The van der Waals surface area contributed by atoms with Gasteiger partial charge in [-0.25, -0.2) is 0 Å². The summed E-state index contributed by atoms with van der Waals surface area (Å²) in [6.07, 6.45) is 0. The standard InChI is InChI=1S/C38H24N4O4/c1-41-35(43)23-15-13-21-32-28(40-20-11-7-4-8-12-20)18-26-30-24(36(44)42(2)38(26)46)16-14-22(34(30)32)31-27(39-19-9-5-3-6-10-19)17-25(37(41)45)29(23)33(21)31/h3-18,39-40H,1-2H3. The Hall–Kier alpha value is -6.28. The third kappa shape index (κ3) is 3.32. The van der Waals surface area contributed by atoms with E-state index in [-0.39, 0.29) is 23.6 Å². The summed E-state index contributed by atoms with van der Waals surface area (Å²) in [5.41, 5.74) is 4.74. The molecule has 0 bridgehead atoms. The van der Waals surface area contributed by atoms with E-state index in [2.05, 4.69) is 10.6 Å². The van der Waals surface area contributed by atoms with Gasteiger partial charge in [0.2, 0.25) is 0 Å². The van der Waals surface area contributed by atoms with Gasteiger partial charge in [0, 0.05) is 80.3 Å². The lowest BCUT2D eigenvalue weighted by Gasteiger charge is -2.30. The molecule has 220 valence electrons. The summed E-state index contributed by atoms with van der Waals surface area (Å²) in [6, 6.07) is 30.4. The quantitative estimate of drug-likeness (QED) is 0.122. The van der Waals surface area contributed by atoms with Gasteiger partial charge in [0.1, 0.15) is 0 Å². The first-order valence-corrected chi connectivity index (χ1v) is 14.9. The number of hydrogen-bond donors (Lipinski definition) is 2. The van der Waals surface area contributed by atoms with Crippen molar-refractivity contribution in [2.45, 2.75) is 0 Å². The number of nitrogens with zero attached hydrogens (tertiary/aromatic N) is 2. The molecular formula is C38H24N4O4. The SMILES string of the molecule is CN1C(=O)c2ccc3c4c(Nc5ccccc5)cc5c6c(ccc(c7c(Nc8ccccc8)cc(c2c37)C1=O)c64)C(=O)N(C)C5=O. The van der Waals surface area contributed by atoms with Crippen molar-refractivity contribution in [2.24, 2.45) is 0 Å². The van der Waals surface area contributed by atoms with Gasteiger partial charge in [-0.3, -0.25) is 29.0 Å². The molecule has 4 amide bonds. The zero-order valence-electron chi connectivity index (χ0n) is 24.8. The van der Waals surface area contributed by atoms with Gasteiger partial charge >= 0.3 is 0 Å². The molecule has 0 fully saturated rings. The van der Waals surface area contributed by atoms with Crippen molar-refractivity contribution in [1.82, 2.24) is 9.80 Å². The molecule has 0 atom stereocenters. The Morgan fingerprint density at radius 1 is 0.413 bits per heavy atom. The number of hydrogen-bond acceptors (Lipinski definition) is 6. The fourth-order valence-corrected chi connectivity index (χ4v) is 7.26. The Balaban J connectivity index is 1.53. The third-order valence-corrected chi connectivity index (χ3v) is 9.35. The van der Waals surface area contributed by atoms with Crippen LogP contribution in [-0.2, 0) is 0 Å². The molecule has 2 aliphatic rings. The highest BCUT2D eigenvalue weighted by molar-refractivity contribution is 6.44. The Morgan fingerprint density at radius 2 is 0.783 bits per heavy atom. The van der Waals surface area contributed by atoms with Crippen molar-refractivity contribution in [2.75, 3.05) is 24.7 Å². The molecule has 0 aromatic heterocycles. The van der Waals surface area contributed by atoms with Crippen LogP contribution in [0.2, 0.25) is 0 Å². The lowest BCUT2D eigenvalue weighted by molar-refractivity contribution is 0.0635. The maximum Gasteiger partial charge on any atom is 0.261 e. The molecule has 0 aliphatic carbocycles. The van der Waals surface area contributed by atoms with E-state index in [0.29, 0.717) is 44.4 Å². The van der Waals surface area contributed by atoms with Crippen LogP contribution in [0.25, 0.3) is 43.1 Å². The summed E-state index contributed by atoms with van der Waals surface area (Å²) in [4.78, 5) is 56.7. The van der Waals surface area contributed by atoms with Crippen molar-refractivity contribution in [3.05, 3.63) is 119 Å². The molecule has 7 aromatic rings. The molecule has 8 nitrogen and oxygen atoms in total. The van der Waals surface area contributed by atoms with E-state index in [4.69, 9.17) is 0 Å². The van der Waals surface area contributed by atoms with Gasteiger partial charge in [0.05, 0.1) is 11.1 Å². The Morgan fingerprint density at radius 3 is 1.17 bits per heavy atom. The number of carbonyl (C=O) groups is 4. The topological polar surface area (TPSA) is 98.8 Å². The molecule has 0 unspecified atom stereocenters. The predicted octanol–water partition coefficient (Wildman–Crippen LogP) is 7.68. The van der Waals surface area contributed by atoms with Gasteiger partial charge in [-0.1, -0.05) is 48.5 Å². The number of anilines is 4. The molecule has 2 aliphatic heterocycles. The van der Waals surface area contributed by atoms with Gasteiger partial charge in [-0.2, -0.15) is 0 Å². The first kappa shape index (κ1) is 26.2. The van der Waals surface area contributed by atoms with Crippen molar-refractivity contribution in [3.63, 3.8) is 0 Å². The maximum absolute atomic E-state index is 13.7. The smallest absolute Gasteiger partial charge is 0.261 e. The highest BCUT2D eigenvalue weighted by Gasteiger charge is 2.36. The highest BCUT2D eigenvalue weighted by Crippen LogP contribution is 2.51. The molecule has 46 heavy (non-hydrogen) atoms. The number of imide groups is 2. The van der Waals surface area contributed by atoms with Gasteiger partial charge in [-0.15, -0.1) is 0 Å². The average molecular weight is 601 g/mol. The number of nitrogens with one attached hydrogen (secondary N) is 2. The van der Waals surface area contributed by atoms with Gasteiger partial charge in [-0.05, 0) is 59.3 Å². The Labute approximate surface area is 262 Å². The van der Waals surface area contributed by atoms with Gasteiger partial charge < -0.3 is 10.6 Å². The zero-order valence-corrected chi connectivity index (χ0v) is 24.8. The van der Waals surface area contributed by atoms with E-state index < -0.39 is 0 Å². The van der Waals surface area contributed by atoms with Crippen LogP contribution in [0, 0.1) is 0 Å². The number of fused-ring (bicyclic) bond motifs is 2. The number of para-hydroxylation sites is 2. The first-order valence-electron chi connectivity index (χ1n) is 14.9. The Bertz CT molecular complexity index is 2350. The van der Waals surface area contributed by atoms with Crippen molar-refractivity contribution in [3.8, 4) is 0 Å². The van der Waals surface area contributed by atoms with Crippen LogP contribution < -0.4 is 10.6 Å². The molecule has 2 heterocycles. The van der Waals surface area contributed by atoms with E-state index in [9.17, 15) is 19.2 Å². The molecule has 2 N–H and O–H groups in total. The van der Waals surface area contributed by atoms with Gasteiger partial charge in [0.15, 0.2) is 0 Å². The molecule has 0 saturated carbocycles. The lowest BCUT2D eigenvalue weighted by Crippen LogP contribution is -2.37. The van der Waals surface area contributed by atoms with Crippen LogP contribution in [0.5, 0.6) is 0 Å². The predicted molar refractivity (Wildman–Crippen MR) is 180 cm³/mol. The molecule has 8 heteroatoms.